The lowest BCUT2D eigenvalue weighted by Crippen LogP contribution is -2.43. The summed E-state index contributed by atoms with van der Waals surface area (Å²) < 4.78 is 2.05. The van der Waals surface area contributed by atoms with Gasteiger partial charge in [-0.1, -0.05) is 6.07 Å². The van der Waals surface area contributed by atoms with Crippen molar-refractivity contribution >= 4 is 16.8 Å². The number of aryl methyl sites for hydroxylation is 1. The number of aromatic nitrogens is 1. The highest BCUT2D eigenvalue weighted by molar-refractivity contribution is 6.09. The molecule has 5 rings (SSSR count). The third-order valence-electron chi connectivity index (χ3n) is 6.48. The van der Waals surface area contributed by atoms with E-state index < -0.39 is 0 Å². The van der Waals surface area contributed by atoms with Gasteiger partial charge in [0.15, 0.2) is 0 Å². The third kappa shape index (κ3) is 2.72. The molecule has 3 aliphatic carbocycles. The molecular formula is C21H25N3O. The predicted octanol–water partition coefficient (Wildman–Crippen LogP) is 4.23. The minimum atomic E-state index is -0.0398. The molecule has 0 radical (unpaired) electrons. The molecule has 1 aromatic carbocycles. The smallest absolute Gasteiger partial charge is 0.253 e. The maximum atomic E-state index is 12.9. The van der Waals surface area contributed by atoms with Gasteiger partial charge in [0, 0.05) is 24.7 Å². The van der Waals surface area contributed by atoms with Gasteiger partial charge in [-0.25, -0.2) is 0 Å². The molecule has 1 heterocycles. The summed E-state index contributed by atoms with van der Waals surface area (Å²) in [6, 6.07) is 7.90. The van der Waals surface area contributed by atoms with Crippen molar-refractivity contribution in [3.05, 3.63) is 35.5 Å². The number of hydrogen-bond acceptors (Lipinski definition) is 2. The van der Waals surface area contributed by atoms with Crippen LogP contribution in [0.2, 0.25) is 0 Å². The largest absolute Gasteiger partial charge is 0.351 e. The molecule has 4 nitrogen and oxygen atoms in total. The highest BCUT2D eigenvalue weighted by atomic mass is 16.1. The summed E-state index contributed by atoms with van der Waals surface area (Å²) in [6.45, 7) is 3.61. The van der Waals surface area contributed by atoms with Crippen LogP contribution >= 0.6 is 0 Å². The first kappa shape index (κ1) is 16.2. The number of fused-ring (bicyclic) bond motifs is 4. The van der Waals surface area contributed by atoms with E-state index >= 15 is 0 Å². The summed E-state index contributed by atoms with van der Waals surface area (Å²) in [5.41, 5.74) is 2.48. The zero-order valence-electron chi connectivity index (χ0n) is 14.8. The number of nitrogens with one attached hydrogen (secondary N) is 1. The minimum absolute atomic E-state index is 0.0398. The molecule has 25 heavy (non-hydrogen) atoms. The summed E-state index contributed by atoms with van der Waals surface area (Å²) >= 11 is 0. The lowest BCUT2D eigenvalue weighted by atomic mass is 9.61. The second-order valence-corrected chi connectivity index (χ2v) is 7.81. The van der Waals surface area contributed by atoms with Gasteiger partial charge in [-0.05, 0) is 68.9 Å². The standard InChI is InChI=1S/C21H25N3O/c1-2-24-13-17(19-16(12-22)4-3-5-18(19)24)20(25)23-14-21-9-6-15(7-10-21)8-11-21/h3-5,13,15H,2,6-11,14H2,1H3,(H,23,25). The first-order valence-corrected chi connectivity index (χ1v) is 9.46. The molecule has 0 spiro atoms. The van der Waals surface area contributed by atoms with E-state index in [2.05, 4.69) is 22.9 Å². The maximum Gasteiger partial charge on any atom is 0.253 e. The number of nitriles is 1. The van der Waals surface area contributed by atoms with Crippen molar-refractivity contribution in [2.24, 2.45) is 11.3 Å². The van der Waals surface area contributed by atoms with E-state index in [1.165, 1.54) is 38.5 Å². The first-order valence-electron chi connectivity index (χ1n) is 9.46. The van der Waals surface area contributed by atoms with E-state index in [0.717, 1.165) is 29.9 Å². The van der Waals surface area contributed by atoms with E-state index in [4.69, 9.17) is 0 Å². The van der Waals surface area contributed by atoms with Crippen LogP contribution < -0.4 is 5.32 Å². The molecule has 3 aliphatic rings. The van der Waals surface area contributed by atoms with Crippen LogP contribution in [-0.2, 0) is 6.54 Å². The lowest BCUT2D eigenvalue weighted by molar-refractivity contribution is 0.0598. The van der Waals surface area contributed by atoms with Gasteiger partial charge in [0.05, 0.1) is 22.7 Å². The van der Waals surface area contributed by atoms with Gasteiger partial charge in [-0.15, -0.1) is 0 Å². The normalized spacial score (nSPS) is 25.0. The van der Waals surface area contributed by atoms with Crippen LogP contribution in [0.25, 0.3) is 10.9 Å². The second-order valence-electron chi connectivity index (χ2n) is 7.81. The summed E-state index contributed by atoms with van der Waals surface area (Å²) in [7, 11) is 0. The van der Waals surface area contributed by atoms with Crippen LogP contribution in [0.3, 0.4) is 0 Å². The van der Waals surface area contributed by atoms with Crippen molar-refractivity contribution in [1.29, 1.82) is 5.26 Å². The van der Waals surface area contributed by atoms with Crippen LogP contribution in [0.5, 0.6) is 0 Å². The van der Waals surface area contributed by atoms with Gasteiger partial charge in [-0.2, -0.15) is 5.26 Å². The molecule has 0 atom stereocenters. The zero-order chi connectivity index (χ0) is 17.4. The molecule has 0 saturated heterocycles. The molecular weight excluding hydrogens is 310 g/mol. The van der Waals surface area contributed by atoms with Gasteiger partial charge >= 0.3 is 0 Å². The van der Waals surface area contributed by atoms with Crippen LogP contribution in [0, 0.1) is 22.7 Å². The van der Waals surface area contributed by atoms with Crippen LogP contribution in [-0.4, -0.2) is 17.0 Å². The molecule has 2 aromatic rings. The SMILES string of the molecule is CCn1cc(C(=O)NCC23CCC(CC2)CC3)c2c(C#N)cccc21. The van der Waals surface area contributed by atoms with Crippen molar-refractivity contribution in [3.63, 3.8) is 0 Å². The van der Waals surface area contributed by atoms with Gasteiger partial charge in [0.2, 0.25) is 0 Å². The Kier molecular flexibility index (Phi) is 4.03. The summed E-state index contributed by atoms with van der Waals surface area (Å²) in [5.74, 6) is 0.889. The van der Waals surface area contributed by atoms with Crippen molar-refractivity contribution in [1.82, 2.24) is 9.88 Å². The Hall–Kier alpha value is -2.28. The number of carbonyl (C=O) groups excluding carboxylic acids is 1. The van der Waals surface area contributed by atoms with Crippen LogP contribution in [0.15, 0.2) is 24.4 Å². The molecule has 2 bridgehead atoms. The molecule has 4 heteroatoms. The summed E-state index contributed by atoms with van der Waals surface area (Å²) in [4.78, 5) is 12.9. The molecule has 0 aliphatic heterocycles. The monoisotopic (exact) mass is 335 g/mol. The Bertz CT molecular complexity index is 836. The maximum absolute atomic E-state index is 12.9. The van der Waals surface area contributed by atoms with Gasteiger partial charge < -0.3 is 9.88 Å². The number of carbonyl (C=O) groups is 1. The Morgan fingerprint density at radius 3 is 2.68 bits per heavy atom. The molecule has 0 unspecified atom stereocenters. The fourth-order valence-corrected chi connectivity index (χ4v) is 4.85. The average Bonchev–Trinajstić information content (AvgIpc) is 3.06. The second kappa shape index (κ2) is 6.22. The Morgan fingerprint density at radius 1 is 1.32 bits per heavy atom. The molecule has 3 saturated carbocycles. The van der Waals surface area contributed by atoms with Crippen molar-refractivity contribution in [2.45, 2.75) is 52.0 Å². The fraction of sp³-hybridized carbons (Fsp3) is 0.524. The number of hydrogen-bond donors (Lipinski definition) is 1. The molecule has 1 N–H and O–H groups in total. The number of rotatable bonds is 4. The van der Waals surface area contributed by atoms with Crippen molar-refractivity contribution in [2.75, 3.05) is 6.54 Å². The highest BCUT2D eigenvalue weighted by Crippen LogP contribution is 2.49. The molecule has 1 amide bonds. The number of benzene rings is 1. The Labute approximate surface area is 148 Å². The number of nitrogens with zero attached hydrogens (tertiary/aromatic N) is 2. The average molecular weight is 335 g/mol. The zero-order valence-corrected chi connectivity index (χ0v) is 14.8. The van der Waals surface area contributed by atoms with Crippen molar-refractivity contribution < 1.29 is 4.79 Å². The van der Waals surface area contributed by atoms with Gasteiger partial charge in [0.1, 0.15) is 0 Å². The van der Waals surface area contributed by atoms with Gasteiger partial charge in [0.25, 0.3) is 5.91 Å². The number of amides is 1. The van der Waals surface area contributed by atoms with E-state index in [1.807, 2.05) is 18.3 Å². The molecule has 1 aromatic heterocycles. The summed E-state index contributed by atoms with van der Waals surface area (Å²) in [5, 5.41) is 13.4. The van der Waals surface area contributed by atoms with Gasteiger partial charge in [-0.3, -0.25) is 4.79 Å². The quantitative estimate of drug-likeness (QED) is 0.909. The van der Waals surface area contributed by atoms with E-state index in [9.17, 15) is 10.1 Å². The van der Waals surface area contributed by atoms with Crippen LogP contribution in [0.1, 0.15) is 61.4 Å². The molecule has 130 valence electrons. The first-order chi connectivity index (χ1) is 12.2. The third-order valence-corrected chi connectivity index (χ3v) is 6.48. The Morgan fingerprint density at radius 2 is 2.04 bits per heavy atom. The van der Waals surface area contributed by atoms with E-state index in [1.54, 1.807) is 6.07 Å². The van der Waals surface area contributed by atoms with E-state index in [-0.39, 0.29) is 5.91 Å². The topological polar surface area (TPSA) is 57.8 Å². The predicted molar refractivity (Wildman–Crippen MR) is 98.3 cm³/mol. The summed E-state index contributed by atoms with van der Waals surface area (Å²) in [6.07, 6.45) is 9.61. The highest BCUT2D eigenvalue weighted by Gasteiger charge is 2.40. The van der Waals surface area contributed by atoms with E-state index in [0.29, 0.717) is 16.5 Å². The fourth-order valence-electron chi connectivity index (χ4n) is 4.85. The van der Waals surface area contributed by atoms with Crippen LogP contribution in [0.4, 0.5) is 0 Å². The van der Waals surface area contributed by atoms with Crippen molar-refractivity contribution in [3.8, 4) is 6.07 Å². The lowest BCUT2D eigenvalue weighted by Gasteiger charge is -2.46. The molecule has 3 fully saturated rings. The minimum Gasteiger partial charge on any atom is -0.351 e. The Balaban J connectivity index is 1.61.